The zero-order valence-electron chi connectivity index (χ0n) is 9.98. The molecule has 0 amide bonds. The topological polar surface area (TPSA) is 104 Å². The van der Waals surface area contributed by atoms with Gasteiger partial charge in [0.2, 0.25) is 0 Å². The van der Waals surface area contributed by atoms with Crippen molar-refractivity contribution in [1.29, 1.82) is 0 Å². The molecule has 2 heterocycles. The Morgan fingerprint density at radius 2 is 2.00 bits per heavy atom. The van der Waals surface area contributed by atoms with Gasteiger partial charge < -0.3 is 0 Å². The number of hydrogen-bond donors (Lipinski definition) is 1. The second kappa shape index (κ2) is 4.46. The lowest BCUT2D eigenvalue weighted by Crippen LogP contribution is -2.20. The van der Waals surface area contributed by atoms with Gasteiger partial charge in [-0.05, 0) is 26.0 Å². The van der Waals surface area contributed by atoms with Crippen molar-refractivity contribution in [3.8, 4) is 11.5 Å². The Labute approximate surface area is 105 Å². The van der Waals surface area contributed by atoms with Gasteiger partial charge in [-0.25, -0.2) is 13.6 Å². The number of nitrogens with two attached hydrogens (primary N) is 1. The highest BCUT2D eigenvalue weighted by atomic mass is 32.2. The minimum atomic E-state index is -3.90. The number of nitrogens with zero attached hydrogens (tertiary/aromatic N) is 4. The van der Waals surface area contributed by atoms with Crippen molar-refractivity contribution < 1.29 is 8.42 Å². The van der Waals surface area contributed by atoms with Gasteiger partial charge in [-0.15, -0.1) is 10.2 Å². The van der Waals surface area contributed by atoms with Crippen molar-refractivity contribution >= 4 is 10.0 Å². The van der Waals surface area contributed by atoms with Crippen molar-refractivity contribution in [1.82, 2.24) is 19.7 Å². The molecular formula is C10H13N5O2S. The van der Waals surface area contributed by atoms with Crippen LogP contribution in [-0.4, -0.2) is 28.2 Å². The molecule has 0 radical (unpaired) electrons. The van der Waals surface area contributed by atoms with E-state index in [0.29, 0.717) is 11.5 Å². The van der Waals surface area contributed by atoms with Crippen molar-refractivity contribution in [3.05, 3.63) is 24.4 Å². The van der Waals surface area contributed by atoms with E-state index in [1.165, 1.54) is 4.57 Å². The molecule has 0 aliphatic carbocycles. The van der Waals surface area contributed by atoms with Crippen LogP contribution in [0.15, 0.2) is 29.6 Å². The fourth-order valence-electron chi connectivity index (χ4n) is 1.61. The van der Waals surface area contributed by atoms with Crippen LogP contribution in [0, 0.1) is 0 Å². The van der Waals surface area contributed by atoms with E-state index in [1.54, 1.807) is 24.4 Å². The van der Waals surface area contributed by atoms with Crippen LogP contribution in [0.1, 0.15) is 19.9 Å². The van der Waals surface area contributed by atoms with Gasteiger partial charge in [-0.1, -0.05) is 6.07 Å². The van der Waals surface area contributed by atoms with E-state index in [2.05, 4.69) is 15.2 Å². The van der Waals surface area contributed by atoms with E-state index in [-0.39, 0.29) is 11.2 Å². The number of pyridine rings is 1. The third-order valence-corrected chi connectivity index (χ3v) is 3.12. The highest BCUT2D eigenvalue weighted by molar-refractivity contribution is 7.89. The number of hydrogen-bond acceptors (Lipinski definition) is 5. The van der Waals surface area contributed by atoms with Gasteiger partial charge in [-0.2, -0.15) is 0 Å². The Bertz CT molecular complexity index is 648. The van der Waals surface area contributed by atoms with E-state index in [9.17, 15) is 8.42 Å². The summed E-state index contributed by atoms with van der Waals surface area (Å²) in [6, 6.07) is 5.14. The Hall–Kier alpha value is -1.80. The molecule has 0 saturated heterocycles. The standard InChI is InChI=1S/C10H13N5O2S/c1-7(2)15-9(8-5-3-4-6-12-8)13-14-10(15)18(11,16)17/h3-7H,1-2H3,(H2,11,16,17). The molecule has 0 aromatic carbocycles. The second-order valence-electron chi connectivity index (χ2n) is 4.03. The van der Waals surface area contributed by atoms with Crippen molar-refractivity contribution in [2.75, 3.05) is 0 Å². The summed E-state index contributed by atoms with van der Waals surface area (Å²) >= 11 is 0. The van der Waals surface area contributed by atoms with E-state index in [1.807, 2.05) is 13.8 Å². The third kappa shape index (κ3) is 2.24. The molecule has 0 unspecified atom stereocenters. The van der Waals surface area contributed by atoms with E-state index >= 15 is 0 Å². The van der Waals surface area contributed by atoms with E-state index in [0.717, 1.165) is 0 Å². The summed E-state index contributed by atoms with van der Waals surface area (Å²) in [7, 11) is -3.90. The number of aromatic nitrogens is 4. The molecule has 2 aromatic heterocycles. The minimum Gasteiger partial charge on any atom is -0.293 e. The summed E-state index contributed by atoms with van der Waals surface area (Å²) in [5.74, 6) is 0.384. The molecule has 2 N–H and O–H groups in total. The smallest absolute Gasteiger partial charge is 0.273 e. The van der Waals surface area contributed by atoms with Gasteiger partial charge in [0.25, 0.3) is 15.2 Å². The first-order chi connectivity index (χ1) is 8.41. The molecule has 2 aromatic rings. The summed E-state index contributed by atoms with van der Waals surface area (Å²) in [4.78, 5) is 4.13. The molecule has 18 heavy (non-hydrogen) atoms. The average molecular weight is 267 g/mol. The van der Waals surface area contributed by atoms with Gasteiger partial charge in [0.1, 0.15) is 5.69 Å². The Balaban J connectivity index is 2.68. The first kappa shape index (κ1) is 12.7. The van der Waals surface area contributed by atoms with Crippen LogP contribution in [0.3, 0.4) is 0 Å². The molecule has 0 aliphatic heterocycles. The maximum absolute atomic E-state index is 11.4. The predicted molar refractivity (Wildman–Crippen MR) is 65.0 cm³/mol. The summed E-state index contributed by atoms with van der Waals surface area (Å²) in [5.41, 5.74) is 0.550. The second-order valence-corrected chi connectivity index (χ2v) is 5.49. The van der Waals surface area contributed by atoms with Gasteiger partial charge in [0.05, 0.1) is 0 Å². The average Bonchev–Trinajstić information content (AvgIpc) is 2.74. The van der Waals surface area contributed by atoms with Crippen LogP contribution < -0.4 is 5.14 Å². The van der Waals surface area contributed by atoms with Crippen LogP contribution in [0.5, 0.6) is 0 Å². The normalized spacial score (nSPS) is 12.0. The first-order valence-corrected chi connectivity index (χ1v) is 6.85. The zero-order valence-corrected chi connectivity index (χ0v) is 10.8. The largest absolute Gasteiger partial charge is 0.293 e. The number of primary sulfonamides is 1. The van der Waals surface area contributed by atoms with Crippen molar-refractivity contribution in [2.24, 2.45) is 5.14 Å². The lowest BCUT2D eigenvalue weighted by atomic mass is 10.3. The highest BCUT2D eigenvalue weighted by Gasteiger charge is 2.24. The molecule has 96 valence electrons. The molecule has 2 rings (SSSR count). The lowest BCUT2D eigenvalue weighted by molar-refractivity contribution is 0.524. The molecule has 0 aliphatic rings. The number of rotatable bonds is 3. The Morgan fingerprint density at radius 1 is 1.28 bits per heavy atom. The van der Waals surface area contributed by atoms with E-state index < -0.39 is 10.0 Å². The lowest BCUT2D eigenvalue weighted by Gasteiger charge is -2.12. The van der Waals surface area contributed by atoms with E-state index in [4.69, 9.17) is 5.14 Å². The fraction of sp³-hybridized carbons (Fsp3) is 0.300. The van der Waals surface area contributed by atoms with Crippen molar-refractivity contribution in [3.63, 3.8) is 0 Å². The maximum atomic E-state index is 11.4. The first-order valence-electron chi connectivity index (χ1n) is 5.30. The number of sulfonamides is 1. The quantitative estimate of drug-likeness (QED) is 0.875. The molecule has 8 heteroatoms. The van der Waals surface area contributed by atoms with Gasteiger partial charge >= 0.3 is 0 Å². The van der Waals surface area contributed by atoms with Gasteiger partial charge in [-0.3, -0.25) is 9.55 Å². The molecular weight excluding hydrogens is 254 g/mol. The highest BCUT2D eigenvalue weighted by Crippen LogP contribution is 2.22. The summed E-state index contributed by atoms with van der Waals surface area (Å²) in [6.07, 6.45) is 1.60. The third-order valence-electron chi connectivity index (χ3n) is 2.33. The van der Waals surface area contributed by atoms with Crippen LogP contribution in [0.4, 0.5) is 0 Å². The molecule has 7 nitrogen and oxygen atoms in total. The predicted octanol–water partition coefficient (Wildman–Crippen LogP) is 0.568. The molecule has 0 saturated carbocycles. The SMILES string of the molecule is CC(C)n1c(-c2ccccn2)nnc1S(N)(=O)=O. The molecule has 0 bridgehead atoms. The van der Waals surface area contributed by atoms with Crippen LogP contribution in [0.2, 0.25) is 0 Å². The van der Waals surface area contributed by atoms with Gasteiger partial charge in [0, 0.05) is 12.2 Å². The van der Waals surface area contributed by atoms with Gasteiger partial charge in [0.15, 0.2) is 5.82 Å². The Kier molecular flexibility index (Phi) is 3.14. The monoisotopic (exact) mass is 267 g/mol. The van der Waals surface area contributed by atoms with Crippen LogP contribution in [0.25, 0.3) is 11.5 Å². The summed E-state index contributed by atoms with van der Waals surface area (Å²) in [5, 5.41) is 12.4. The summed E-state index contributed by atoms with van der Waals surface area (Å²) < 4.78 is 24.3. The van der Waals surface area contributed by atoms with Crippen LogP contribution in [-0.2, 0) is 10.0 Å². The molecule has 0 spiro atoms. The minimum absolute atomic E-state index is 0.148. The zero-order chi connectivity index (χ0) is 13.3. The summed E-state index contributed by atoms with van der Waals surface area (Å²) in [6.45, 7) is 3.65. The molecule has 0 atom stereocenters. The van der Waals surface area contributed by atoms with Crippen LogP contribution >= 0.6 is 0 Å². The fourth-order valence-corrected chi connectivity index (χ4v) is 2.33. The molecule has 0 fully saturated rings. The van der Waals surface area contributed by atoms with Crippen molar-refractivity contribution in [2.45, 2.75) is 25.0 Å². The Morgan fingerprint density at radius 3 is 2.50 bits per heavy atom. The maximum Gasteiger partial charge on any atom is 0.273 e.